The van der Waals surface area contributed by atoms with Crippen LogP contribution < -0.4 is 0 Å². The topological polar surface area (TPSA) is 0 Å². The van der Waals surface area contributed by atoms with E-state index in [1.54, 1.807) is 11.3 Å². The summed E-state index contributed by atoms with van der Waals surface area (Å²) in [6.07, 6.45) is 5.64. The number of aryl methyl sites for hydroxylation is 4. The van der Waals surface area contributed by atoms with Gasteiger partial charge in [0.1, 0.15) is 0 Å². The van der Waals surface area contributed by atoms with E-state index >= 15 is 0 Å². The number of hydrogen-bond acceptors (Lipinski definition) is 4. The van der Waals surface area contributed by atoms with E-state index in [2.05, 4.69) is 51.8 Å². The van der Waals surface area contributed by atoms with Crippen molar-refractivity contribution >= 4 is 54.7 Å². The van der Waals surface area contributed by atoms with E-state index in [-0.39, 0.29) is 0 Å². The van der Waals surface area contributed by atoms with Crippen molar-refractivity contribution < 1.29 is 0 Å². The van der Waals surface area contributed by atoms with E-state index in [0.717, 1.165) is 4.88 Å². The van der Waals surface area contributed by atoms with Crippen LogP contribution in [0, 0.1) is 40.0 Å². The maximum absolute atomic E-state index is 5.64. The minimum Gasteiger partial charge on any atom is -0.145 e. The van der Waals surface area contributed by atoms with E-state index < -0.39 is 0 Å². The summed E-state index contributed by atoms with van der Waals surface area (Å²) in [6, 6.07) is 6.82. The Morgan fingerprint density at radius 1 is 0.792 bits per heavy atom. The largest absolute Gasteiger partial charge is 0.145 e. The number of rotatable bonds is 2. The van der Waals surface area contributed by atoms with Gasteiger partial charge >= 0.3 is 0 Å². The van der Waals surface area contributed by atoms with Gasteiger partial charge in [-0.25, -0.2) is 0 Å². The summed E-state index contributed by atoms with van der Waals surface area (Å²) >= 11 is 7.38. The first-order valence-corrected chi connectivity index (χ1v) is 10.9. The molecule has 0 unspecified atom stereocenters. The van der Waals surface area contributed by atoms with Gasteiger partial charge in [-0.3, -0.25) is 0 Å². The Balaban J connectivity index is 2.09. The molecule has 0 aromatic carbocycles. The fourth-order valence-electron chi connectivity index (χ4n) is 3.13. The van der Waals surface area contributed by atoms with Crippen LogP contribution in [0.1, 0.15) is 24.4 Å². The summed E-state index contributed by atoms with van der Waals surface area (Å²) in [5, 5.41) is 0. The predicted octanol–water partition coefficient (Wildman–Crippen LogP) is 7.63. The summed E-state index contributed by atoms with van der Waals surface area (Å²) in [4.78, 5) is 7.92. The lowest BCUT2D eigenvalue weighted by atomic mass is 10.0. The fraction of sp³-hybridized carbons (Fsp3) is 0.200. The molecule has 0 fully saturated rings. The molecule has 4 aromatic rings. The van der Waals surface area contributed by atoms with Crippen molar-refractivity contribution in [3.63, 3.8) is 0 Å². The second-order valence-electron chi connectivity index (χ2n) is 5.91. The Hall–Kier alpha value is -1.38. The van der Waals surface area contributed by atoms with Crippen molar-refractivity contribution in [1.29, 1.82) is 0 Å². The summed E-state index contributed by atoms with van der Waals surface area (Å²) < 4.78 is 2.65. The molecule has 4 heteroatoms. The van der Waals surface area contributed by atoms with Gasteiger partial charge in [-0.05, 0) is 51.5 Å². The zero-order chi connectivity index (χ0) is 17.0. The third-order valence-electron chi connectivity index (χ3n) is 4.10. The van der Waals surface area contributed by atoms with Crippen molar-refractivity contribution in [1.82, 2.24) is 0 Å². The highest BCUT2D eigenvalue weighted by atomic mass is 32.1. The molecule has 4 aromatic heterocycles. The van der Waals surface area contributed by atoms with Gasteiger partial charge < -0.3 is 0 Å². The van der Waals surface area contributed by atoms with Crippen LogP contribution >= 0.6 is 45.3 Å². The number of hydrogen-bond donors (Lipinski definition) is 0. The number of terminal acetylenes is 1. The van der Waals surface area contributed by atoms with Gasteiger partial charge in [-0.15, -0.1) is 51.8 Å². The second kappa shape index (κ2) is 5.86. The third kappa shape index (κ3) is 2.48. The molecule has 0 saturated heterocycles. The van der Waals surface area contributed by atoms with E-state index in [4.69, 9.17) is 6.42 Å². The van der Waals surface area contributed by atoms with Crippen LogP contribution in [-0.4, -0.2) is 0 Å². The van der Waals surface area contributed by atoms with E-state index in [1.807, 2.05) is 34.0 Å². The summed E-state index contributed by atoms with van der Waals surface area (Å²) in [6.45, 7) is 8.82. The first kappa shape index (κ1) is 16.1. The van der Waals surface area contributed by atoms with Gasteiger partial charge in [0.2, 0.25) is 0 Å². The lowest BCUT2D eigenvalue weighted by molar-refractivity contribution is 1.58. The maximum atomic E-state index is 5.64. The van der Waals surface area contributed by atoms with E-state index in [1.165, 1.54) is 50.5 Å². The SMILES string of the molecule is C#Cc1cc2sc(-c3cc(C)sc3C)c(-c3cc(C)sc3C)c2s1. The molecule has 0 radical (unpaired) electrons. The van der Waals surface area contributed by atoms with Gasteiger partial charge in [-0.1, -0.05) is 5.92 Å². The number of thiophene rings is 4. The van der Waals surface area contributed by atoms with Crippen LogP contribution in [0.4, 0.5) is 0 Å². The van der Waals surface area contributed by atoms with Crippen LogP contribution in [0.5, 0.6) is 0 Å². The Bertz CT molecular complexity index is 1110. The Morgan fingerprint density at radius 2 is 1.42 bits per heavy atom. The van der Waals surface area contributed by atoms with Crippen LogP contribution in [0.25, 0.3) is 31.0 Å². The molecular weight excluding hydrogens is 368 g/mol. The summed E-state index contributed by atoms with van der Waals surface area (Å²) in [7, 11) is 0. The monoisotopic (exact) mass is 384 g/mol. The quantitative estimate of drug-likeness (QED) is 0.312. The molecule has 0 saturated carbocycles. The molecule has 4 heterocycles. The van der Waals surface area contributed by atoms with Crippen LogP contribution in [0.15, 0.2) is 18.2 Å². The molecule has 0 aliphatic rings. The highest BCUT2D eigenvalue weighted by Crippen LogP contribution is 2.51. The maximum Gasteiger partial charge on any atom is 0.0786 e. The van der Waals surface area contributed by atoms with Gasteiger partial charge in [0.05, 0.1) is 9.58 Å². The highest BCUT2D eigenvalue weighted by Gasteiger charge is 2.22. The fourth-order valence-corrected chi connectivity index (χ4v) is 7.60. The molecule has 120 valence electrons. The molecule has 0 aliphatic carbocycles. The molecular formula is C20H16S4. The van der Waals surface area contributed by atoms with Gasteiger partial charge in [0.15, 0.2) is 0 Å². The molecule has 0 bridgehead atoms. The molecule has 0 atom stereocenters. The van der Waals surface area contributed by atoms with Crippen LogP contribution in [0.2, 0.25) is 0 Å². The summed E-state index contributed by atoms with van der Waals surface area (Å²) in [5.74, 6) is 2.81. The first-order chi connectivity index (χ1) is 11.5. The molecule has 24 heavy (non-hydrogen) atoms. The average molecular weight is 385 g/mol. The Morgan fingerprint density at radius 3 is 1.96 bits per heavy atom. The van der Waals surface area contributed by atoms with Crippen molar-refractivity contribution in [3.05, 3.63) is 42.6 Å². The van der Waals surface area contributed by atoms with Crippen molar-refractivity contribution in [3.8, 4) is 33.9 Å². The molecule has 0 nitrogen and oxygen atoms in total. The minimum absolute atomic E-state index is 1.02. The zero-order valence-corrected chi connectivity index (χ0v) is 17.2. The molecule has 0 amide bonds. The second-order valence-corrected chi connectivity index (χ2v) is 10.9. The lowest BCUT2D eigenvalue weighted by Gasteiger charge is -2.04. The van der Waals surface area contributed by atoms with E-state index in [0.29, 0.717) is 0 Å². The normalized spacial score (nSPS) is 11.3. The Kier molecular flexibility index (Phi) is 3.93. The minimum atomic E-state index is 1.02. The van der Waals surface area contributed by atoms with Gasteiger partial charge in [0, 0.05) is 40.2 Å². The molecule has 0 aliphatic heterocycles. The third-order valence-corrected chi connectivity index (χ3v) is 8.42. The number of fused-ring (bicyclic) bond motifs is 1. The van der Waals surface area contributed by atoms with Gasteiger partial charge in [-0.2, -0.15) is 0 Å². The molecule has 4 rings (SSSR count). The van der Waals surface area contributed by atoms with E-state index in [9.17, 15) is 0 Å². The smallest absolute Gasteiger partial charge is 0.0786 e. The van der Waals surface area contributed by atoms with Crippen LogP contribution in [0.3, 0.4) is 0 Å². The van der Waals surface area contributed by atoms with Crippen molar-refractivity contribution in [2.45, 2.75) is 27.7 Å². The molecule has 0 N–H and O–H groups in total. The zero-order valence-electron chi connectivity index (χ0n) is 13.9. The van der Waals surface area contributed by atoms with Crippen molar-refractivity contribution in [2.75, 3.05) is 0 Å². The average Bonchev–Trinajstić information content (AvgIpc) is 3.22. The lowest BCUT2D eigenvalue weighted by Crippen LogP contribution is -1.79. The summed E-state index contributed by atoms with van der Waals surface area (Å²) in [5.41, 5.74) is 4.13. The molecule has 0 spiro atoms. The van der Waals surface area contributed by atoms with Crippen molar-refractivity contribution in [2.24, 2.45) is 0 Å². The van der Waals surface area contributed by atoms with Gasteiger partial charge in [0.25, 0.3) is 0 Å². The van der Waals surface area contributed by atoms with Crippen LogP contribution in [-0.2, 0) is 0 Å². The highest BCUT2D eigenvalue weighted by molar-refractivity contribution is 7.31. The Labute approximate surface area is 158 Å². The predicted molar refractivity (Wildman–Crippen MR) is 113 cm³/mol. The standard InChI is InChI=1S/C20H16S4/c1-6-14-9-17-20(23-14)18(15-7-10(2)21-12(15)4)19(24-17)16-8-11(3)22-13(16)5/h1,7-9H,2-5H3. The first-order valence-electron chi connectivity index (χ1n) is 7.65.